The van der Waals surface area contributed by atoms with E-state index in [2.05, 4.69) is 5.32 Å². The second-order valence-corrected chi connectivity index (χ2v) is 5.54. The van der Waals surface area contributed by atoms with E-state index in [4.69, 9.17) is 9.84 Å². The Kier molecular flexibility index (Phi) is 5.49. The van der Waals surface area contributed by atoms with Gasteiger partial charge < -0.3 is 15.2 Å². The molecular formula is C20H20N2O3. The van der Waals surface area contributed by atoms with Crippen molar-refractivity contribution in [3.63, 3.8) is 0 Å². The van der Waals surface area contributed by atoms with Gasteiger partial charge in [0.15, 0.2) is 0 Å². The Bertz CT molecular complexity index is 858. The molecule has 0 fully saturated rings. The van der Waals surface area contributed by atoms with Crippen LogP contribution in [0.4, 0.5) is 5.69 Å². The average Bonchev–Trinajstić information content (AvgIpc) is 2.66. The number of rotatable bonds is 7. The van der Waals surface area contributed by atoms with Gasteiger partial charge >= 0.3 is 0 Å². The minimum atomic E-state index is -0.151. The Morgan fingerprint density at radius 3 is 2.44 bits per heavy atom. The number of aromatic nitrogens is 1. The van der Waals surface area contributed by atoms with E-state index in [1.807, 2.05) is 54.6 Å². The monoisotopic (exact) mass is 336 g/mol. The van der Waals surface area contributed by atoms with Crippen molar-refractivity contribution in [1.29, 1.82) is 0 Å². The number of hydrogen-bond acceptors (Lipinski definition) is 4. The number of pyridine rings is 1. The van der Waals surface area contributed by atoms with Gasteiger partial charge in [0.25, 0.3) is 5.56 Å². The van der Waals surface area contributed by atoms with Crippen LogP contribution in [0.5, 0.6) is 5.75 Å². The zero-order chi connectivity index (χ0) is 17.5. The van der Waals surface area contributed by atoms with Crippen molar-refractivity contribution in [3.05, 3.63) is 88.8 Å². The molecule has 2 N–H and O–H groups in total. The molecule has 0 radical (unpaired) electrons. The molecule has 1 aromatic heterocycles. The third-order valence-electron chi connectivity index (χ3n) is 3.73. The summed E-state index contributed by atoms with van der Waals surface area (Å²) in [6.45, 7) is 0.994. The average molecular weight is 336 g/mol. The Morgan fingerprint density at radius 2 is 1.76 bits per heavy atom. The quantitative estimate of drug-likeness (QED) is 0.696. The van der Waals surface area contributed by atoms with Crippen LogP contribution in [0.25, 0.3) is 5.69 Å². The lowest BCUT2D eigenvalue weighted by atomic mass is 10.2. The van der Waals surface area contributed by atoms with Gasteiger partial charge in [-0.3, -0.25) is 9.36 Å². The Morgan fingerprint density at radius 1 is 1.00 bits per heavy atom. The Labute approximate surface area is 146 Å². The largest absolute Gasteiger partial charge is 0.489 e. The molecule has 0 aliphatic rings. The van der Waals surface area contributed by atoms with Crippen LogP contribution < -0.4 is 15.6 Å². The molecule has 0 unspecified atom stereocenters. The van der Waals surface area contributed by atoms with Crippen LogP contribution in [0.15, 0.2) is 77.7 Å². The van der Waals surface area contributed by atoms with E-state index in [9.17, 15) is 4.79 Å². The molecule has 0 bridgehead atoms. The summed E-state index contributed by atoms with van der Waals surface area (Å²) in [5, 5.41) is 11.9. The van der Waals surface area contributed by atoms with E-state index >= 15 is 0 Å². The van der Waals surface area contributed by atoms with E-state index < -0.39 is 0 Å². The normalized spacial score (nSPS) is 10.4. The van der Waals surface area contributed by atoms with Gasteiger partial charge in [0, 0.05) is 30.2 Å². The van der Waals surface area contributed by atoms with E-state index in [-0.39, 0.29) is 12.2 Å². The van der Waals surface area contributed by atoms with Gasteiger partial charge in [-0.15, -0.1) is 0 Å². The zero-order valence-corrected chi connectivity index (χ0v) is 13.8. The first kappa shape index (κ1) is 16.8. The number of anilines is 1. The molecule has 3 aromatic rings. The number of nitrogens with zero attached hydrogens (tertiary/aromatic N) is 1. The SMILES string of the molecule is O=c1cc(OCc2ccccc2)ccn1-c1ccc(NCCO)cc1. The van der Waals surface area contributed by atoms with E-state index in [0.717, 1.165) is 16.9 Å². The standard InChI is InChI=1S/C20H20N2O3/c23-13-11-21-17-6-8-18(9-7-17)22-12-10-19(14-20(22)24)25-15-16-4-2-1-3-5-16/h1-10,12,14,21,23H,11,13,15H2. The molecule has 3 rings (SSSR count). The van der Waals surface area contributed by atoms with Crippen molar-refractivity contribution in [3.8, 4) is 11.4 Å². The van der Waals surface area contributed by atoms with Crippen molar-refractivity contribution in [2.24, 2.45) is 0 Å². The van der Waals surface area contributed by atoms with Crippen LogP contribution in [0.3, 0.4) is 0 Å². The maximum absolute atomic E-state index is 12.3. The van der Waals surface area contributed by atoms with Gasteiger partial charge in [-0.25, -0.2) is 0 Å². The molecule has 0 spiro atoms. The summed E-state index contributed by atoms with van der Waals surface area (Å²) in [6.07, 6.45) is 1.71. The third kappa shape index (κ3) is 4.49. The lowest BCUT2D eigenvalue weighted by Gasteiger charge is -2.10. The Hall–Kier alpha value is -3.05. The fourth-order valence-electron chi connectivity index (χ4n) is 2.44. The predicted octanol–water partition coefficient (Wildman–Crippen LogP) is 2.82. The smallest absolute Gasteiger partial charge is 0.258 e. The first-order valence-corrected chi connectivity index (χ1v) is 8.11. The fraction of sp³-hybridized carbons (Fsp3) is 0.150. The molecule has 1 heterocycles. The lowest BCUT2D eigenvalue weighted by Crippen LogP contribution is -2.16. The van der Waals surface area contributed by atoms with Crippen molar-refractivity contribution in [2.45, 2.75) is 6.61 Å². The number of nitrogens with one attached hydrogen (secondary N) is 1. The summed E-state index contributed by atoms with van der Waals surface area (Å²) in [5.74, 6) is 0.548. The van der Waals surface area contributed by atoms with Crippen molar-refractivity contribution >= 4 is 5.69 Å². The van der Waals surface area contributed by atoms with E-state index in [0.29, 0.717) is 18.9 Å². The molecule has 128 valence electrons. The Balaban J connectivity index is 1.70. The number of aliphatic hydroxyl groups excluding tert-OH is 1. The molecule has 5 heteroatoms. The maximum Gasteiger partial charge on any atom is 0.258 e. The second-order valence-electron chi connectivity index (χ2n) is 5.54. The van der Waals surface area contributed by atoms with Crippen molar-refractivity contribution in [2.75, 3.05) is 18.5 Å². The van der Waals surface area contributed by atoms with Gasteiger partial charge in [0.2, 0.25) is 0 Å². The van der Waals surface area contributed by atoms with Gasteiger partial charge in [-0.2, -0.15) is 0 Å². The highest BCUT2D eigenvalue weighted by Gasteiger charge is 2.03. The molecule has 0 saturated heterocycles. The highest BCUT2D eigenvalue weighted by Crippen LogP contribution is 2.14. The third-order valence-corrected chi connectivity index (χ3v) is 3.73. The molecule has 0 amide bonds. The van der Waals surface area contributed by atoms with Gasteiger partial charge in [-0.1, -0.05) is 30.3 Å². The van der Waals surface area contributed by atoms with Crippen LogP contribution in [-0.4, -0.2) is 22.8 Å². The molecule has 0 atom stereocenters. The number of hydrogen-bond donors (Lipinski definition) is 2. The van der Waals surface area contributed by atoms with Crippen LogP contribution in [0, 0.1) is 0 Å². The predicted molar refractivity (Wildman–Crippen MR) is 98.4 cm³/mol. The maximum atomic E-state index is 12.3. The minimum Gasteiger partial charge on any atom is -0.489 e. The fourth-order valence-corrected chi connectivity index (χ4v) is 2.44. The molecule has 0 saturated carbocycles. The highest BCUT2D eigenvalue weighted by molar-refractivity contribution is 5.49. The summed E-state index contributed by atoms with van der Waals surface area (Å²) in [7, 11) is 0. The number of ether oxygens (including phenoxy) is 1. The molecular weight excluding hydrogens is 316 g/mol. The molecule has 2 aromatic carbocycles. The number of benzene rings is 2. The molecule has 5 nitrogen and oxygen atoms in total. The molecule has 25 heavy (non-hydrogen) atoms. The van der Waals surface area contributed by atoms with Crippen LogP contribution in [0.1, 0.15) is 5.56 Å². The molecule has 0 aliphatic carbocycles. The van der Waals surface area contributed by atoms with Gasteiger partial charge in [-0.05, 0) is 35.9 Å². The topological polar surface area (TPSA) is 63.5 Å². The summed E-state index contributed by atoms with van der Waals surface area (Å²) in [6, 6.07) is 20.5. The van der Waals surface area contributed by atoms with Crippen LogP contribution >= 0.6 is 0 Å². The first-order valence-electron chi connectivity index (χ1n) is 8.11. The van der Waals surface area contributed by atoms with Gasteiger partial charge in [0.1, 0.15) is 12.4 Å². The second kappa shape index (κ2) is 8.17. The van der Waals surface area contributed by atoms with Crippen molar-refractivity contribution in [1.82, 2.24) is 4.57 Å². The van der Waals surface area contributed by atoms with E-state index in [1.54, 1.807) is 16.8 Å². The van der Waals surface area contributed by atoms with Crippen LogP contribution in [-0.2, 0) is 6.61 Å². The van der Waals surface area contributed by atoms with Gasteiger partial charge in [0.05, 0.1) is 6.61 Å². The summed E-state index contributed by atoms with van der Waals surface area (Å²) in [4.78, 5) is 12.3. The summed E-state index contributed by atoms with van der Waals surface area (Å²) in [5.41, 5.74) is 2.57. The minimum absolute atomic E-state index is 0.0751. The molecule has 0 aliphatic heterocycles. The highest BCUT2D eigenvalue weighted by atomic mass is 16.5. The summed E-state index contributed by atoms with van der Waals surface area (Å²) >= 11 is 0. The van der Waals surface area contributed by atoms with Crippen LogP contribution in [0.2, 0.25) is 0 Å². The van der Waals surface area contributed by atoms with Crippen molar-refractivity contribution < 1.29 is 9.84 Å². The first-order chi connectivity index (χ1) is 12.3. The summed E-state index contributed by atoms with van der Waals surface area (Å²) < 4.78 is 7.24. The lowest BCUT2D eigenvalue weighted by molar-refractivity contribution is 0.305. The number of aliphatic hydroxyl groups is 1. The zero-order valence-electron chi connectivity index (χ0n) is 13.8. The van der Waals surface area contributed by atoms with E-state index in [1.165, 1.54) is 6.07 Å².